The second-order valence-electron chi connectivity index (χ2n) is 5.20. The van der Waals surface area contributed by atoms with Crippen molar-refractivity contribution in [1.82, 2.24) is 10.6 Å². The Bertz CT molecular complexity index is 759. The van der Waals surface area contributed by atoms with Crippen LogP contribution in [0.3, 0.4) is 0 Å². The molecule has 2 aromatic carbocycles. The van der Waals surface area contributed by atoms with Gasteiger partial charge in [0, 0.05) is 0 Å². The van der Waals surface area contributed by atoms with E-state index in [4.69, 9.17) is 9.84 Å². The van der Waals surface area contributed by atoms with E-state index in [1.54, 1.807) is 6.07 Å². The fourth-order valence-electron chi connectivity index (χ4n) is 1.99. The van der Waals surface area contributed by atoms with E-state index in [1.165, 1.54) is 6.92 Å². The first-order valence-corrected chi connectivity index (χ1v) is 7.36. The lowest BCUT2D eigenvalue weighted by Gasteiger charge is -2.10. The van der Waals surface area contributed by atoms with Gasteiger partial charge in [0.2, 0.25) is 5.91 Å². The summed E-state index contributed by atoms with van der Waals surface area (Å²) < 4.78 is 5.39. The van der Waals surface area contributed by atoms with Crippen LogP contribution in [-0.2, 0) is 14.4 Å². The van der Waals surface area contributed by atoms with Gasteiger partial charge >= 0.3 is 5.97 Å². The Morgan fingerprint density at radius 2 is 1.79 bits per heavy atom. The molecule has 0 aliphatic rings. The minimum Gasteiger partial charge on any atom is -0.484 e. The highest BCUT2D eigenvalue weighted by molar-refractivity contribution is 5.88. The van der Waals surface area contributed by atoms with Crippen molar-refractivity contribution in [2.24, 2.45) is 0 Å². The smallest absolute Gasteiger partial charge is 0.325 e. The normalized spacial score (nSPS) is 11.5. The fourth-order valence-corrected chi connectivity index (χ4v) is 1.99. The summed E-state index contributed by atoms with van der Waals surface area (Å²) in [6, 6.07) is 12.2. The van der Waals surface area contributed by atoms with Crippen molar-refractivity contribution < 1.29 is 24.2 Å². The largest absolute Gasteiger partial charge is 0.484 e. The maximum Gasteiger partial charge on any atom is 0.325 e. The molecule has 7 nitrogen and oxygen atoms in total. The standard InChI is InChI=1S/C17H18N2O5/c1-11(17(22)23)19-15(20)9-18-16(21)10-24-14-7-6-12-4-2-3-5-13(12)8-14/h2-8,11H,9-10H2,1H3,(H,18,21)(H,19,20)(H,22,23)/t11-/m0/s1. The molecule has 0 aromatic heterocycles. The second kappa shape index (κ2) is 7.96. The molecule has 2 amide bonds. The summed E-state index contributed by atoms with van der Waals surface area (Å²) in [6.45, 7) is 0.794. The molecule has 0 aliphatic heterocycles. The highest BCUT2D eigenvalue weighted by atomic mass is 16.5. The number of rotatable bonds is 7. The molecule has 0 bridgehead atoms. The average molecular weight is 330 g/mol. The highest BCUT2D eigenvalue weighted by Gasteiger charge is 2.14. The lowest BCUT2D eigenvalue weighted by molar-refractivity contribution is -0.141. The molecule has 0 unspecified atom stereocenters. The van der Waals surface area contributed by atoms with Crippen LogP contribution in [0.5, 0.6) is 5.75 Å². The zero-order valence-corrected chi connectivity index (χ0v) is 13.1. The number of fused-ring (bicyclic) bond motifs is 1. The van der Waals surface area contributed by atoms with E-state index < -0.39 is 23.8 Å². The first kappa shape index (κ1) is 17.3. The molecule has 0 fully saturated rings. The van der Waals surface area contributed by atoms with Gasteiger partial charge in [-0.3, -0.25) is 14.4 Å². The number of carbonyl (C=O) groups is 3. The lowest BCUT2D eigenvalue weighted by Crippen LogP contribution is -2.44. The number of carboxylic acid groups (broad SMARTS) is 1. The van der Waals surface area contributed by atoms with Crippen LogP contribution in [0.1, 0.15) is 6.92 Å². The highest BCUT2D eigenvalue weighted by Crippen LogP contribution is 2.20. The molecule has 24 heavy (non-hydrogen) atoms. The van der Waals surface area contributed by atoms with Gasteiger partial charge in [0.05, 0.1) is 6.54 Å². The fraction of sp³-hybridized carbons (Fsp3) is 0.235. The molecular formula is C17H18N2O5. The summed E-state index contributed by atoms with van der Waals surface area (Å²) in [4.78, 5) is 33.7. The van der Waals surface area contributed by atoms with Crippen LogP contribution in [0, 0.1) is 0 Å². The first-order chi connectivity index (χ1) is 11.5. The van der Waals surface area contributed by atoms with E-state index in [9.17, 15) is 14.4 Å². The van der Waals surface area contributed by atoms with Crippen molar-refractivity contribution in [3.05, 3.63) is 42.5 Å². The van der Waals surface area contributed by atoms with Gasteiger partial charge in [-0.1, -0.05) is 30.3 Å². The Morgan fingerprint density at radius 3 is 2.50 bits per heavy atom. The molecule has 0 saturated carbocycles. The predicted molar refractivity (Wildman–Crippen MR) is 87.7 cm³/mol. The van der Waals surface area contributed by atoms with E-state index >= 15 is 0 Å². The SMILES string of the molecule is C[C@H](NC(=O)CNC(=O)COc1ccc2ccccc2c1)C(=O)O. The Hall–Kier alpha value is -3.09. The maximum atomic E-state index is 11.7. The molecule has 7 heteroatoms. The molecule has 0 heterocycles. The number of hydrogen-bond donors (Lipinski definition) is 3. The second-order valence-corrected chi connectivity index (χ2v) is 5.20. The van der Waals surface area contributed by atoms with Crippen LogP contribution in [0.25, 0.3) is 10.8 Å². The van der Waals surface area contributed by atoms with Crippen LogP contribution in [0.4, 0.5) is 0 Å². The zero-order chi connectivity index (χ0) is 17.5. The Balaban J connectivity index is 1.78. The van der Waals surface area contributed by atoms with Gasteiger partial charge in [0.25, 0.3) is 5.91 Å². The predicted octanol–water partition coefficient (Wildman–Crippen LogP) is 0.924. The first-order valence-electron chi connectivity index (χ1n) is 7.36. The number of carboxylic acids is 1. The molecule has 0 spiro atoms. The van der Waals surface area contributed by atoms with Crippen molar-refractivity contribution >= 4 is 28.6 Å². The number of carbonyl (C=O) groups excluding carboxylic acids is 2. The average Bonchev–Trinajstić information content (AvgIpc) is 2.57. The van der Waals surface area contributed by atoms with E-state index in [1.807, 2.05) is 36.4 Å². The number of benzene rings is 2. The topological polar surface area (TPSA) is 105 Å². The molecule has 2 aromatic rings. The summed E-state index contributed by atoms with van der Waals surface area (Å²) in [5, 5.41) is 15.3. The quantitative estimate of drug-likeness (QED) is 0.700. The van der Waals surface area contributed by atoms with Crippen LogP contribution in [0.15, 0.2) is 42.5 Å². The van der Waals surface area contributed by atoms with Crippen LogP contribution < -0.4 is 15.4 Å². The zero-order valence-electron chi connectivity index (χ0n) is 13.1. The number of hydrogen-bond acceptors (Lipinski definition) is 4. The van der Waals surface area contributed by atoms with Gasteiger partial charge in [-0.05, 0) is 29.8 Å². The van der Waals surface area contributed by atoms with Crippen molar-refractivity contribution in [1.29, 1.82) is 0 Å². The molecule has 0 radical (unpaired) electrons. The molecule has 1 atom stereocenters. The van der Waals surface area contributed by atoms with Gasteiger partial charge in [0.1, 0.15) is 11.8 Å². The third kappa shape index (κ3) is 4.98. The summed E-state index contributed by atoms with van der Waals surface area (Å²) in [6.07, 6.45) is 0. The van der Waals surface area contributed by atoms with E-state index in [0.29, 0.717) is 5.75 Å². The van der Waals surface area contributed by atoms with Gasteiger partial charge in [-0.25, -0.2) is 0 Å². The number of aliphatic carboxylic acids is 1. The summed E-state index contributed by atoms with van der Waals surface area (Å²) >= 11 is 0. The van der Waals surface area contributed by atoms with E-state index in [0.717, 1.165) is 10.8 Å². The minimum absolute atomic E-state index is 0.236. The van der Waals surface area contributed by atoms with Crippen LogP contribution >= 0.6 is 0 Å². The molecular weight excluding hydrogens is 312 g/mol. The van der Waals surface area contributed by atoms with Crippen molar-refractivity contribution in [3.63, 3.8) is 0 Å². The van der Waals surface area contributed by atoms with Gasteiger partial charge in [-0.2, -0.15) is 0 Å². The van der Waals surface area contributed by atoms with Crippen molar-refractivity contribution in [2.75, 3.05) is 13.2 Å². The summed E-state index contributed by atoms with van der Waals surface area (Å²) in [5.41, 5.74) is 0. The molecule has 126 valence electrons. The van der Waals surface area contributed by atoms with Gasteiger partial charge < -0.3 is 20.5 Å². The number of ether oxygens (including phenoxy) is 1. The number of amides is 2. The van der Waals surface area contributed by atoms with Crippen LogP contribution in [-0.4, -0.2) is 42.1 Å². The maximum absolute atomic E-state index is 11.7. The Morgan fingerprint density at radius 1 is 1.08 bits per heavy atom. The third-order valence-electron chi connectivity index (χ3n) is 3.28. The Labute approximate surface area is 138 Å². The number of nitrogens with one attached hydrogen (secondary N) is 2. The monoisotopic (exact) mass is 330 g/mol. The summed E-state index contributed by atoms with van der Waals surface area (Å²) in [5.74, 6) is -1.65. The molecule has 3 N–H and O–H groups in total. The Kier molecular flexibility index (Phi) is 5.73. The van der Waals surface area contributed by atoms with Gasteiger partial charge in [0.15, 0.2) is 6.61 Å². The summed E-state index contributed by atoms with van der Waals surface area (Å²) in [7, 11) is 0. The molecule has 0 aliphatic carbocycles. The van der Waals surface area contributed by atoms with Crippen molar-refractivity contribution in [3.8, 4) is 5.75 Å². The lowest BCUT2D eigenvalue weighted by atomic mass is 10.1. The van der Waals surface area contributed by atoms with E-state index in [-0.39, 0.29) is 13.2 Å². The van der Waals surface area contributed by atoms with Gasteiger partial charge in [-0.15, -0.1) is 0 Å². The van der Waals surface area contributed by atoms with Crippen molar-refractivity contribution in [2.45, 2.75) is 13.0 Å². The minimum atomic E-state index is -1.14. The third-order valence-corrected chi connectivity index (χ3v) is 3.28. The molecule has 2 rings (SSSR count). The molecule has 0 saturated heterocycles. The van der Waals surface area contributed by atoms with E-state index in [2.05, 4.69) is 10.6 Å². The van der Waals surface area contributed by atoms with Crippen LogP contribution in [0.2, 0.25) is 0 Å².